The smallest absolute Gasteiger partial charge is 0.267 e. The maximum atomic E-state index is 13.4. The first kappa shape index (κ1) is 21.3. The molecule has 0 spiro atoms. The Labute approximate surface area is 185 Å². The summed E-state index contributed by atoms with van der Waals surface area (Å²) in [5.74, 6) is -1.02. The fraction of sp³-hybridized carbons (Fsp3) is 0.0435. The molecule has 0 aliphatic heterocycles. The molecule has 0 radical (unpaired) electrons. The normalized spacial score (nSPS) is 10.8. The van der Waals surface area contributed by atoms with Gasteiger partial charge in [0.15, 0.2) is 0 Å². The molecular weight excluding hydrogens is 433 g/mol. The van der Waals surface area contributed by atoms with Crippen molar-refractivity contribution in [3.63, 3.8) is 0 Å². The molecule has 32 heavy (non-hydrogen) atoms. The largest absolute Gasteiger partial charge is 0.286 e. The number of nitro groups is 1. The van der Waals surface area contributed by atoms with Gasteiger partial charge < -0.3 is 0 Å². The molecule has 0 N–H and O–H groups in total. The Hall–Kier alpha value is -3.98. The van der Waals surface area contributed by atoms with Gasteiger partial charge >= 0.3 is 0 Å². The minimum atomic E-state index is -0.530. The number of rotatable bonds is 5. The van der Waals surface area contributed by atoms with E-state index in [1.165, 1.54) is 39.7 Å². The molecule has 0 atom stereocenters. The Balaban J connectivity index is 1.92. The predicted molar refractivity (Wildman–Crippen MR) is 118 cm³/mol. The van der Waals surface area contributed by atoms with E-state index in [2.05, 4.69) is 0 Å². The molecule has 9 heteroatoms. The molecule has 1 heterocycles. The van der Waals surface area contributed by atoms with Gasteiger partial charge in [-0.1, -0.05) is 42.1 Å². The van der Waals surface area contributed by atoms with Crippen LogP contribution in [-0.2, 0) is 0 Å². The number of para-hydroxylation sites is 2. The second-order valence-electron chi connectivity index (χ2n) is 6.82. The lowest BCUT2D eigenvalue weighted by Crippen LogP contribution is -2.27. The summed E-state index contributed by atoms with van der Waals surface area (Å²) in [5, 5.41) is 11.4. The van der Waals surface area contributed by atoms with Crippen LogP contribution >= 0.6 is 11.8 Å². The summed E-state index contributed by atoms with van der Waals surface area (Å²) < 4.78 is 15.8. The summed E-state index contributed by atoms with van der Waals surface area (Å²) in [5.41, 5.74) is 0.325. The van der Waals surface area contributed by atoms with Gasteiger partial charge in [-0.3, -0.25) is 19.7 Å². The van der Waals surface area contributed by atoms with Crippen LogP contribution in [0.1, 0.15) is 16.1 Å². The molecule has 0 saturated carbocycles. The van der Waals surface area contributed by atoms with E-state index in [9.17, 15) is 24.1 Å². The molecule has 160 valence electrons. The van der Waals surface area contributed by atoms with Gasteiger partial charge in [0.1, 0.15) is 10.7 Å². The van der Waals surface area contributed by atoms with Gasteiger partial charge in [0, 0.05) is 11.6 Å². The van der Waals surface area contributed by atoms with E-state index >= 15 is 0 Å². The topological polar surface area (TPSA) is 87.1 Å². The number of carbonyl (C=O) groups is 1. The van der Waals surface area contributed by atoms with E-state index in [0.717, 1.165) is 11.8 Å². The SMILES string of the molecule is Cc1c(Sc2ccccc2[N+](=O)[O-])c(=O)n(-c2ccccc2)n1C(=O)c1ccc(F)cc1. The number of halogens is 1. The number of benzene rings is 3. The highest BCUT2D eigenvalue weighted by atomic mass is 32.2. The van der Waals surface area contributed by atoms with E-state index in [4.69, 9.17) is 0 Å². The van der Waals surface area contributed by atoms with Crippen LogP contribution in [0.2, 0.25) is 0 Å². The summed E-state index contributed by atoms with van der Waals surface area (Å²) in [6.07, 6.45) is 0. The lowest BCUT2D eigenvalue weighted by molar-refractivity contribution is -0.387. The zero-order chi connectivity index (χ0) is 22.8. The van der Waals surface area contributed by atoms with Crippen molar-refractivity contribution in [2.45, 2.75) is 16.7 Å². The highest BCUT2D eigenvalue weighted by Crippen LogP contribution is 2.35. The molecule has 0 aliphatic rings. The summed E-state index contributed by atoms with van der Waals surface area (Å²) in [4.78, 5) is 38.1. The van der Waals surface area contributed by atoms with Crippen LogP contribution in [0.5, 0.6) is 0 Å². The lowest BCUT2D eigenvalue weighted by Gasteiger charge is -2.12. The molecule has 1 aromatic heterocycles. The molecule has 7 nitrogen and oxygen atoms in total. The van der Waals surface area contributed by atoms with Crippen LogP contribution in [0.15, 0.2) is 93.4 Å². The third-order valence-electron chi connectivity index (χ3n) is 4.79. The molecule has 0 fully saturated rings. The number of aromatic nitrogens is 2. The third-order valence-corrected chi connectivity index (χ3v) is 6.03. The molecule has 0 bridgehead atoms. The predicted octanol–water partition coefficient (Wildman–Crippen LogP) is 4.83. The molecule has 0 saturated heterocycles. The van der Waals surface area contributed by atoms with Gasteiger partial charge in [-0.2, -0.15) is 0 Å². The van der Waals surface area contributed by atoms with E-state index in [1.807, 2.05) is 0 Å². The first-order valence-corrected chi connectivity index (χ1v) is 10.3. The second-order valence-corrected chi connectivity index (χ2v) is 7.87. The van der Waals surface area contributed by atoms with E-state index in [0.29, 0.717) is 11.4 Å². The highest BCUT2D eigenvalue weighted by Gasteiger charge is 2.26. The van der Waals surface area contributed by atoms with Gasteiger partial charge in [0.25, 0.3) is 17.2 Å². The molecule has 4 aromatic rings. The Morgan fingerprint density at radius 3 is 2.25 bits per heavy atom. The summed E-state index contributed by atoms with van der Waals surface area (Å²) in [6.45, 7) is 1.60. The van der Waals surface area contributed by atoms with Crippen molar-refractivity contribution in [3.8, 4) is 5.69 Å². The summed E-state index contributed by atoms with van der Waals surface area (Å²) in [6, 6.07) is 19.7. The quantitative estimate of drug-likeness (QED) is 0.322. The molecule has 0 amide bonds. The first-order valence-electron chi connectivity index (χ1n) is 9.50. The number of nitrogens with zero attached hydrogens (tertiary/aromatic N) is 3. The Bertz CT molecular complexity index is 1380. The van der Waals surface area contributed by atoms with E-state index in [-0.39, 0.29) is 21.0 Å². The van der Waals surface area contributed by atoms with Crippen molar-refractivity contribution >= 4 is 23.4 Å². The zero-order valence-corrected chi connectivity index (χ0v) is 17.6. The van der Waals surface area contributed by atoms with Crippen LogP contribution < -0.4 is 5.56 Å². The lowest BCUT2D eigenvalue weighted by atomic mass is 10.2. The first-order chi connectivity index (χ1) is 15.4. The maximum absolute atomic E-state index is 13.4. The van der Waals surface area contributed by atoms with Gasteiger partial charge in [-0.05, 0) is 49.4 Å². The van der Waals surface area contributed by atoms with Crippen molar-refractivity contribution in [3.05, 3.63) is 116 Å². The van der Waals surface area contributed by atoms with Gasteiger partial charge in [-0.15, -0.1) is 0 Å². The fourth-order valence-corrected chi connectivity index (χ4v) is 4.29. The maximum Gasteiger partial charge on any atom is 0.286 e. The minimum Gasteiger partial charge on any atom is -0.267 e. The fourth-order valence-electron chi connectivity index (χ4n) is 3.27. The standard InChI is InChI=1S/C23H16FN3O4S/c1-15-21(32-20-10-6-5-9-19(20)27(30)31)23(29)26(18-7-3-2-4-8-18)25(15)22(28)16-11-13-17(24)14-12-16/h2-14H,1H3. The number of nitro benzene ring substituents is 1. The molecule has 3 aromatic carbocycles. The van der Waals surface area contributed by atoms with Crippen LogP contribution in [0, 0.1) is 22.9 Å². The summed E-state index contributed by atoms with van der Waals surface area (Å²) >= 11 is 0.932. The van der Waals surface area contributed by atoms with Crippen LogP contribution in [0.4, 0.5) is 10.1 Å². The van der Waals surface area contributed by atoms with Gasteiger partial charge in [0.05, 0.1) is 21.2 Å². The van der Waals surface area contributed by atoms with Crippen LogP contribution in [-0.4, -0.2) is 20.2 Å². The molecule has 0 unspecified atom stereocenters. The number of hydrogen-bond acceptors (Lipinski definition) is 5. The van der Waals surface area contributed by atoms with Crippen molar-refractivity contribution in [1.29, 1.82) is 0 Å². The van der Waals surface area contributed by atoms with Crippen molar-refractivity contribution < 1.29 is 14.1 Å². The van der Waals surface area contributed by atoms with E-state index < -0.39 is 22.2 Å². The second kappa shape index (κ2) is 8.64. The van der Waals surface area contributed by atoms with Crippen molar-refractivity contribution in [2.24, 2.45) is 0 Å². The van der Waals surface area contributed by atoms with Crippen LogP contribution in [0.3, 0.4) is 0 Å². The average molecular weight is 449 g/mol. The van der Waals surface area contributed by atoms with Gasteiger partial charge in [-0.25, -0.2) is 13.8 Å². The molecule has 0 aliphatic carbocycles. The molecule has 4 rings (SSSR count). The highest BCUT2D eigenvalue weighted by molar-refractivity contribution is 7.99. The van der Waals surface area contributed by atoms with Crippen molar-refractivity contribution in [2.75, 3.05) is 0 Å². The Morgan fingerprint density at radius 1 is 0.969 bits per heavy atom. The molecular formula is C23H16FN3O4S. The average Bonchev–Trinajstić information content (AvgIpc) is 3.04. The Kier molecular flexibility index (Phi) is 5.74. The monoisotopic (exact) mass is 449 g/mol. The van der Waals surface area contributed by atoms with Crippen molar-refractivity contribution in [1.82, 2.24) is 9.36 Å². The van der Waals surface area contributed by atoms with E-state index in [1.54, 1.807) is 55.5 Å². The van der Waals surface area contributed by atoms with Crippen LogP contribution in [0.25, 0.3) is 5.69 Å². The third kappa shape index (κ3) is 3.85. The number of carbonyl (C=O) groups excluding carboxylic acids is 1. The minimum absolute atomic E-state index is 0.139. The number of hydrogen-bond donors (Lipinski definition) is 0. The summed E-state index contributed by atoms with van der Waals surface area (Å²) in [7, 11) is 0. The zero-order valence-electron chi connectivity index (χ0n) is 16.8. The Morgan fingerprint density at radius 2 is 1.59 bits per heavy atom. The van der Waals surface area contributed by atoms with Gasteiger partial charge in [0.2, 0.25) is 0 Å².